The summed E-state index contributed by atoms with van der Waals surface area (Å²) in [4.78, 5) is 13.3. The number of nitrogens with zero attached hydrogens (tertiary/aromatic N) is 1. The van der Waals surface area contributed by atoms with E-state index >= 15 is 0 Å². The summed E-state index contributed by atoms with van der Waals surface area (Å²) >= 11 is 6.12. The normalized spacial score (nSPS) is 28.8. The summed E-state index contributed by atoms with van der Waals surface area (Å²) in [6.45, 7) is 0.676. The maximum absolute atomic E-state index is 13.2. The number of fused-ring (bicyclic) bond motifs is 1. The quantitative estimate of drug-likeness (QED) is 0.802. The van der Waals surface area contributed by atoms with E-state index in [1.807, 2.05) is 0 Å². The van der Waals surface area contributed by atoms with E-state index in [2.05, 4.69) is 11.4 Å². The van der Waals surface area contributed by atoms with Gasteiger partial charge in [-0.2, -0.15) is 4.31 Å². The lowest BCUT2D eigenvalue weighted by molar-refractivity contribution is -0.126. The number of halogens is 1. The number of hydrogen-bond acceptors (Lipinski definition) is 4. The number of rotatable bonds is 4. The third-order valence-electron chi connectivity index (χ3n) is 6.29. The molecule has 3 unspecified atom stereocenters. The fourth-order valence-electron chi connectivity index (χ4n) is 4.75. The van der Waals surface area contributed by atoms with Crippen LogP contribution in [0, 0.1) is 11.8 Å². The molecule has 1 aliphatic carbocycles. The summed E-state index contributed by atoms with van der Waals surface area (Å²) in [5.41, 5.74) is 1.23. The lowest BCUT2D eigenvalue weighted by Crippen LogP contribution is -2.50. The van der Waals surface area contributed by atoms with Crippen molar-refractivity contribution in [3.63, 3.8) is 0 Å². The van der Waals surface area contributed by atoms with Crippen LogP contribution in [0.2, 0.25) is 5.02 Å². The molecule has 2 fully saturated rings. The largest absolute Gasteiger partial charge is 0.379 e. The summed E-state index contributed by atoms with van der Waals surface area (Å²) in [6.07, 6.45) is 9.07. The minimum atomic E-state index is -3.69. The molecular formula is C21H27ClN2O3S. The van der Waals surface area contributed by atoms with E-state index in [1.165, 1.54) is 28.9 Å². The maximum atomic E-state index is 13.2. The summed E-state index contributed by atoms with van der Waals surface area (Å²) in [5, 5.41) is 3.69. The molecule has 2 saturated heterocycles. The summed E-state index contributed by atoms with van der Waals surface area (Å²) < 4.78 is 27.5. The van der Waals surface area contributed by atoms with Crippen molar-refractivity contribution < 1.29 is 13.2 Å². The first-order valence-electron chi connectivity index (χ1n) is 10.2. The van der Waals surface area contributed by atoms with Crippen molar-refractivity contribution >= 4 is 27.4 Å². The lowest BCUT2D eigenvalue weighted by atomic mass is 9.80. The second-order valence-electron chi connectivity index (χ2n) is 8.10. The standard InChI is InChI=1S/C21H27ClN2O3S/c22-17-8-2-4-10-20(17)28(26,27)24-13-5-7-16(14-24)21(25)19-12-11-15-6-1-3-9-18(15)23-19/h2,4,8-10,15-16,19,23H,1,3,5-7,11-14H2. The highest BCUT2D eigenvalue weighted by Crippen LogP contribution is 2.34. The van der Waals surface area contributed by atoms with Crippen molar-refractivity contribution in [1.82, 2.24) is 9.62 Å². The number of carbonyl (C=O) groups excluding carboxylic acids is 1. The van der Waals surface area contributed by atoms with Gasteiger partial charge in [-0.15, -0.1) is 0 Å². The predicted molar refractivity (Wildman–Crippen MR) is 110 cm³/mol. The van der Waals surface area contributed by atoms with E-state index in [0.29, 0.717) is 18.9 Å². The van der Waals surface area contributed by atoms with Crippen LogP contribution in [-0.2, 0) is 14.8 Å². The molecule has 0 spiro atoms. The Morgan fingerprint density at radius 2 is 1.93 bits per heavy atom. The van der Waals surface area contributed by atoms with E-state index < -0.39 is 10.0 Å². The lowest BCUT2D eigenvalue weighted by Gasteiger charge is -2.38. The van der Waals surface area contributed by atoms with Gasteiger partial charge in [0, 0.05) is 24.7 Å². The fourth-order valence-corrected chi connectivity index (χ4v) is 6.76. The predicted octanol–water partition coefficient (Wildman–Crippen LogP) is 3.75. The number of hydrogen-bond donors (Lipinski definition) is 1. The number of sulfonamides is 1. The van der Waals surface area contributed by atoms with Crippen molar-refractivity contribution in [2.24, 2.45) is 11.8 Å². The van der Waals surface area contributed by atoms with Gasteiger partial charge in [0.1, 0.15) is 4.90 Å². The van der Waals surface area contributed by atoms with Gasteiger partial charge in [-0.05, 0) is 63.0 Å². The third-order valence-corrected chi connectivity index (χ3v) is 8.65. The molecule has 0 bridgehead atoms. The van der Waals surface area contributed by atoms with Crippen molar-refractivity contribution in [3.05, 3.63) is 41.1 Å². The molecule has 0 aromatic heterocycles. The minimum absolute atomic E-state index is 0.121. The van der Waals surface area contributed by atoms with E-state index in [0.717, 1.165) is 25.7 Å². The number of nitrogens with one attached hydrogen (secondary N) is 1. The molecule has 4 rings (SSSR count). The molecule has 1 N–H and O–H groups in total. The smallest absolute Gasteiger partial charge is 0.244 e. The molecule has 1 aromatic carbocycles. The fraction of sp³-hybridized carbons (Fsp3) is 0.571. The zero-order valence-corrected chi connectivity index (χ0v) is 17.5. The van der Waals surface area contributed by atoms with Gasteiger partial charge in [-0.1, -0.05) is 29.8 Å². The monoisotopic (exact) mass is 422 g/mol. The van der Waals surface area contributed by atoms with Gasteiger partial charge in [0.15, 0.2) is 5.78 Å². The van der Waals surface area contributed by atoms with Gasteiger partial charge in [0.2, 0.25) is 10.0 Å². The van der Waals surface area contributed by atoms with E-state index in [-0.39, 0.29) is 34.2 Å². The number of benzene rings is 1. The van der Waals surface area contributed by atoms with Crippen molar-refractivity contribution in [1.29, 1.82) is 0 Å². The Kier molecular flexibility index (Phi) is 5.81. The van der Waals surface area contributed by atoms with Crippen LogP contribution in [0.25, 0.3) is 0 Å². The third kappa shape index (κ3) is 3.87. The molecule has 1 aromatic rings. The van der Waals surface area contributed by atoms with Gasteiger partial charge in [0.05, 0.1) is 11.1 Å². The van der Waals surface area contributed by atoms with Crippen molar-refractivity contribution in [2.45, 2.75) is 55.9 Å². The van der Waals surface area contributed by atoms with Crippen LogP contribution in [0.1, 0.15) is 44.9 Å². The molecular weight excluding hydrogens is 396 g/mol. The van der Waals surface area contributed by atoms with Crippen LogP contribution >= 0.6 is 11.6 Å². The highest BCUT2D eigenvalue weighted by atomic mass is 35.5. The Balaban J connectivity index is 1.47. The Hall–Kier alpha value is -1.37. The van der Waals surface area contributed by atoms with Crippen LogP contribution in [0.5, 0.6) is 0 Å². The molecule has 0 amide bonds. The summed E-state index contributed by atoms with van der Waals surface area (Å²) in [7, 11) is -3.69. The zero-order valence-electron chi connectivity index (χ0n) is 15.9. The van der Waals surface area contributed by atoms with Crippen LogP contribution in [0.15, 0.2) is 40.9 Å². The van der Waals surface area contributed by atoms with Gasteiger partial charge in [-0.25, -0.2) is 8.42 Å². The highest BCUT2D eigenvalue weighted by molar-refractivity contribution is 7.89. The second-order valence-corrected chi connectivity index (χ2v) is 10.4. The minimum Gasteiger partial charge on any atom is -0.379 e. The molecule has 5 nitrogen and oxygen atoms in total. The van der Waals surface area contributed by atoms with Gasteiger partial charge in [0.25, 0.3) is 0 Å². The first-order chi connectivity index (χ1) is 13.5. The Labute approximate surface area is 172 Å². The average molecular weight is 423 g/mol. The first-order valence-corrected chi connectivity index (χ1v) is 12.0. The molecule has 0 saturated carbocycles. The molecule has 28 heavy (non-hydrogen) atoms. The van der Waals surface area contributed by atoms with Crippen LogP contribution in [0.3, 0.4) is 0 Å². The van der Waals surface area contributed by atoms with Crippen LogP contribution in [0.4, 0.5) is 0 Å². The molecule has 7 heteroatoms. The topological polar surface area (TPSA) is 66.5 Å². The molecule has 0 radical (unpaired) electrons. The number of Topliss-reactive ketones (excluding diaryl/α,β-unsaturated/α-hetero) is 1. The number of piperidine rings is 2. The zero-order chi connectivity index (χ0) is 19.7. The van der Waals surface area contributed by atoms with E-state index in [1.54, 1.807) is 18.2 Å². The molecule has 152 valence electrons. The maximum Gasteiger partial charge on any atom is 0.244 e. The van der Waals surface area contributed by atoms with Gasteiger partial charge in [-0.3, -0.25) is 4.79 Å². The van der Waals surface area contributed by atoms with Gasteiger partial charge < -0.3 is 5.32 Å². The van der Waals surface area contributed by atoms with Crippen LogP contribution < -0.4 is 5.32 Å². The molecule has 3 atom stereocenters. The van der Waals surface area contributed by atoms with E-state index in [4.69, 9.17) is 11.6 Å². The van der Waals surface area contributed by atoms with E-state index in [9.17, 15) is 13.2 Å². The Morgan fingerprint density at radius 3 is 2.75 bits per heavy atom. The van der Waals surface area contributed by atoms with Crippen molar-refractivity contribution in [2.75, 3.05) is 13.1 Å². The van der Waals surface area contributed by atoms with Gasteiger partial charge >= 0.3 is 0 Å². The van der Waals surface area contributed by atoms with Crippen LogP contribution in [-0.4, -0.2) is 37.6 Å². The highest BCUT2D eigenvalue weighted by Gasteiger charge is 2.38. The molecule has 2 heterocycles. The SMILES string of the molecule is O=C(C1CCCN(S(=O)(=O)c2ccccc2Cl)C1)C1CCC2CCCC=C2N1. The number of carbonyl (C=O) groups is 1. The summed E-state index contributed by atoms with van der Waals surface area (Å²) in [5.74, 6) is 0.467. The molecule has 3 aliphatic rings. The average Bonchev–Trinajstić information content (AvgIpc) is 2.73. The first kappa shape index (κ1) is 19.9. The number of allylic oxidation sites excluding steroid dienone is 2. The summed E-state index contributed by atoms with van der Waals surface area (Å²) in [6, 6.07) is 6.31. The second kappa shape index (κ2) is 8.17. The number of ketones is 1. The van der Waals surface area contributed by atoms with Crippen molar-refractivity contribution in [3.8, 4) is 0 Å². The Bertz CT molecular complexity index is 883. The Morgan fingerprint density at radius 1 is 1.11 bits per heavy atom. The molecule has 2 aliphatic heterocycles.